The van der Waals surface area contributed by atoms with Crippen LogP contribution in [0.15, 0.2) is 58.4 Å². The van der Waals surface area contributed by atoms with E-state index in [1.165, 1.54) is 19.1 Å². The number of amidine groups is 1. The second kappa shape index (κ2) is 8.53. The van der Waals surface area contributed by atoms with E-state index < -0.39 is 11.9 Å². The third kappa shape index (κ3) is 5.08. The molecule has 0 spiro atoms. The molecule has 0 fully saturated rings. The molecule has 8 heteroatoms. The quantitative estimate of drug-likeness (QED) is 0.773. The first-order valence-electron chi connectivity index (χ1n) is 8.24. The number of nitrogens with one attached hydrogen (secondary N) is 1. The molecule has 0 aliphatic carbocycles. The number of nitrogens with zero attached hydrogens (tertiary/aromatic N) is 1. The number of carbonyl (C=O) groups excluding carboxylic acids is 3. The zero-order valence-electron chi connectivity index (χ0n) is 14.8. The number of rotatable bonds is 5. The number of aliphatic imine (C=N–C) groups is 1. The summed E-state index contributed by atoms with van der Waals surface area (Å²) in [6, 6.07) is 13.4. The molecule has 0 aromatic heterocycles. The summed E-state index contributed by atoms with van der Waals surface area (Å²) in [6.07, 6.45) is 1.67. The first kappa shape index (κ1) is 19.4. The molecule has 1 N–H and O–H groups in total. The number of carboxylic acids is 1. The van der Waals surface area contributed by atoms with Crippen molar-refractivity contribution in [3.05, 3.63) is 70.1 Å². The van der Waals surface area contributed by atoms with E-state index in [0.29, 0.717) is 10.7 Å². The standard InChI is InChI=1S/C20H16N2O5S/c1-12(23)21-20-22-18(24)17(28-20)10-14-3-2-4-16(9-14)27-11-13-5-7-15(8-6-13)19(25)26/h2-10H,11H2,1H3,(H,25,26)(H,21,22,23,24)/p-1. The number of ether oxygens (including phenoxy) is 1. The van der Waals surface area contributed by atoms with Crippen LogP contribution in [0, 0.1) is 0 Å². The van der Waals surface area contributed by atoms with Gasteiger partial charge in [-0.1, -0.05) is 36.4 Å². The molecule has 1 aliphatic rings. The van der Waals surface area contributed by atoms with Crippen molar-refractivity contribution in [2.45, 2.75) is 13.5 Å². The molecule has 0 saturated carbocycles. The minimum Gasteiger partial charge on any atom is -0.545 e. The van der Waals surface area contributed by atoms with Crippen molar-refractivity contribution in [2.24, 2.45) is 4.99 Å². The average molecular weight is 395 g/mol. The maximum Gasteiger partial charge on any atom is 0.286 e. The molecule has 0 unspecified atom stereocenters. The molecule has 0 saturated heterocycles. The first-order chi connectivity index (χ1) is 13.4. The lowest BCUT2D eigenvalue weighted by atomic mass is 10.1. The van der Waals surface area contributed by atoms with Crippen molar-refractivity contribution in [3.63, 3.8) is 0 Å². The Labute approximate surface area is 165 Å². The Bertz CT molecular complexity index is 996. The summed E-state index contributed by atoms with van der Waals surface area (Å²) in [7, 11) is 0. The Balaban J connectivity index is 1.65. The molecule has 7 nitrogen and oxygen atoms in total. The molecule has 2 aromatic carbocycles. The highest BCUT2D eigenvalue weighted by atomic mass is 32.2. The molecule has 0 atom stereocenters. The number of hydrogen-bond donors (Lipinski definition) is 1. The van der Waals surface area contributed by atoms with E-state index in [1.807, 2.05) is 6.07 Å². The smallest absolute Gasteiger partial charge is 0.286 e. The lowest BCUT2D eigenvalue weighted by Crippen LogP contribution is -2.23. The van der Waals surface area contributed by atoms with E-state index in [-0.39, 0.29) is 23.2 Å². The highest BCUT2D eigenvalue weighted by Gasteiger charge is 2.22. The third-order valence-corrected chi connectivity index (χ3v) is 4.55. The second-order valence-electron chi connectivity index (χ2n) is 5.86. The van der Waals surface area contributed by atoms with Crippen molar-refractivity contribution in [1.82, 2.24) is 5.32 Å². The van der Waals surface area contributed by atoms with Crippen LogP contribution in [0.1, 0.15) is 28.4 Å². The van der Waals surface area contributed by atoms with Crippen LogP contribution in [0.4, 0.5) is 0 Å². The van der Waals surface area contributed by atoms with E-state index in [1.54, 1.807) is 36.4 Å². The zero-order chi connectivity index (χ0) is 20.1. The van der Waals surface area contributed by atoms with Crippen LogP contribution in [0.5, 0.6) is 5.75 Å². The van der Waals surface area contributed by atoms with E-state index in [4.69, 9.17) is 4.74 Å². The second-order valence-corrected chi connectivity index (χ2v) is 6.89. The van der Waals surface area contributed by atoms with Crippen LogP contribution >= 0.6 is 11.8 Å². The van der Waals surface area contributed by atoms with Gasteiger partial charge in [0, 0.05) is 6.92 Å². The third-order valence-electron chi connectivity index (χ3n) is 3.65. The number of aromatic carboxylic acids is 1. The Morgan fingerprint density at radius 1 is 1.21 bits per heavy atom. The van der Waals surface area contributed by atoms with Crippen molar-refractivity contribution >= 4 is 40.8 Å². The summed E-state index contributed by atoms with van der Waals surface area (Å²) < 4.78 is 5.73. The fraction of sp³-hybridized carbons (Fsp3) is 0.100. The van der Waals surface area contributed by atoms with Crippen molar-refractivity contribution < 1.29 is 24.2 Å². The van der Waals surface area contributed by atoms with Gasteiger partial charge in [0.1, 0.15) is 12.4 Å². The van der Waals surface area contributed by atoms with Crippen molar-refractivity contribution in [3.8, 4) is 5.75 Å². The lowest BCUT2D eigenvalue weighted by molar-refractivity contribution is -0.255. The summed E-state index contributed by atoms with van der Waals surface area (Å²) in [5, 5.41) is 13.5. The lowest BCUT2D eigenvalue weighted by Gasteiger charge is -2.08. The SMILES string of the molecule is CC(=O)NC1=NC(=O)C(=Cc2cccc(OCc3ccc(C(=O)[O-])cc3)c2)S1. The maximum absolute atomic E-state index is 11.9. The number of amides is 2. The molecule has 0 bridgehead atoms. The largest absolute Gasteiger partial charge is 0.545 e. The molecule has 1 aliphatic heterocycles. The number of thioether (sulfide) groups is 1. The summed E-state index contributed by atoms with van der Waals surface area (Å²) in [6.45, 7) is 1.61. The number of carboxylic acid groups (broad SMARTS) is 1. The minimum atomic E-state index is -1.22. The monoisotopic (exact) mass is 395 g/mol. The van der Waals surface area contributed by atoms with Crippen LogP contribution in [-0.2, 0) is 16.2 Å². The Morgan fingerprint density at radius 3 is 2.64 bits per heavy atom. The van der Waals surface area contributed by atoms with Gasteiger partial charge in [0.15, 0.2) is 5.17 Å². The van der Waals surface area contributed by atoms with Gasteiger partial charge >= 0.3 is 0 Å². The fourth-order valence-electron chi connectivity index (χ4n) is 2.36. The van der Waals surface area contributed by atoms with Gasteiger partial charge in [0.25, 0.3) is 5.91 Å². The topological polar surface area (TPSA) is 108 Å². The number of hydrogen-bond acceptors (Lipinski definition) is 6. The van der Waals surface area contributed by atoms with E-state index in [2.05, 4.69) is 10.3 Å². The van der Waals surface area contributed by atoms with Gasteiger partial charge in [0.05, 0.1) is 10.9 Å². The minimum absolute atomic E-state index is 0.108. The van der Waals surface area contributed by atoms with Gasteiger partial charge in [-0.15, -0.1) is 0 Å². The summed E-state index contributed by atoms with van der Waals surface area (Å²) in [5.74, 6) is -1.33. The predicted octanol–water partition coefficient (Wildman–Crippen LogP) is 1.74. The Hall–Kier alpha value is -3.39. The van der Waals surface area contributed by atoms with E-state index in [9.17, 15) is 19.5 Å². The Kier molecular flexibility index (Phi) is 5.90. The van der Waals surface area contributed by atoms with Crippen LogP contribution in [0.25, 0.3) is 6.08 Å². The van der Waals surface area contributed by atoms with Crippen molar-refractivity contribution in [1.29, 1.82) is 0 Å². The van der Waals surface area contributed by atoms with Gasteiger partial charge in [-0.05, 0) is 46.7 Å². The molecule has 2 aromatic rings. The average Bonchev–Trinajstić information content (AvgIpc) is 2.98. The first-order valence-corrected chi connectivity index (χ1v) is 9.05. The summed E-state index contributed by atoms with van der Waals surface area (Å²) in [5.41, 5.74) is 1.67. The van der Waals surface area contributed by atoms with Crippen LogP contribution in [0.2, 0.25) is 0 Å². The molecular weight excluding hydrogens is 380 g/mol. The normalized spacial score (nSPS) is 14.7. The summed E-state index contributed by atoms with van der Waals surface area (Å²) in [4.78, 5) is 38.0. The van der Waals surface area contributed by atoms with Gasteiger partial charge in [0.2, 0.25) is 5.91 Å². The molecule has 3 rings (SSSR count). The molecular formula is C20H15N2O5S-. The van der Waals surface area contributed by atoms with Crippen LogP contribution < -0.4 is 15.2 Å². The van der Waals surface area contributed by atoms with E-state index >= 15 is 0 Å². The van der Waals surface area contributed by atoms with Gasteiger partial charge in [-0.25, -0.2) is 0 Å². The highest BCUT2D eigenvalue weighted by molar-refractivity contribution is 8.18. The maximum atomic E-state index is 11.9. The predicted molar refractivity (Wildman–Crippen MR) is 103 cm³/mol. The molecule has 0 radical (unpaired) electrons. The molecule has 28 heavy (non-hydrogen) atoms. The van der Waals surface area contributed by atoms with Crippen molar-refractivity contribution in [2.75, 3.05) is 0 Å². The van der Waals surface area contributed by atoms with Crippen LogP contribution in [-0.4, -0.2) is 23.0 Å². The Morgan fingerprint density at radius 2 is 1.96 bits per heavy atom. The van der Waals surface area contributed by atoms with E-state index in [0.717, 1.165) is 22.9 Å². The van der Waals surface area contributed by atoms with Gasteiger partial charge < -0.3 is 20.0 Å². The summed E-state index contributed by atoms with van der Waals surface area (Å²) >= 11 is 1.10. The number of benzene rings is 2. The van der Waals surface area contributed by atoms with Gasteiger partial charge in [-0.3, -0.25) is 9.59 Å². The fourth-order valence-corrected chi connectivity index (χ4v) is 3.22. The molecule has 2 amide bonds. The molecule has 142 valence electrons. The number of carbonyl (C=O) groups is 3. The molecule has 1 heterocycles. The van der Waals surface area contributed by atoms with Gasteiger partial charge in [-0.2, -0.15) is 4.99 Å². The highest BCUT2D eigenvalue weighted by Crippen LogP contribution is 2.28. The zero-order valence-corrected chi connectivity index (χ0v) is 15.6. The van der Waals surface area contributed by atoms with Crippen LogP contribution in [0.3, 0.4) is 0 Å².